The second-order valence-corrected chi connectivity index (χ2v) is 14.5. The largest absolute Gasteiger partial charge is 0.490 e. The molecule has 1 aromatic carbocycles. The van der Waals surface area contributed by atoms with Crippen LogP contribution in [0.3, 0.4) is 0 Å². The molecule has 0 N–H and O–H groups in total. The van der Waals surface area contributed by atoms with Gasteiger partial charge in [-0.15, -0.1) is 0 Å². The first kappa shape index (κ1) is 20.0. The summed E-state index contributed by atoms with van der Waals surface area (Å²) in [6, 6.07) is 7.97. The van der Waals surface area contributed by atoms with Gasteiger partial charge >= 0.3 is 0 Å². The van der Waals surface area contributed by atoms with Crippen molar-refractivity contribution in [3.8, 4) is 11.8 Å². The minimum absolute atomic E-state index is 0.0526. The Labute approximate surface area is 154 Å². The zero-order chi connectivity index (χ0) is 19.0. The molecule has 0 unspecified atom stereocenters. The minimum Gasteiger partial charge on any atom is -0.490 e. The van der Waals surface area contributed by atoms with Crippen LogP contribution in [0.1, 0.15) is 65.5 Å². The molecule has 0 spiro atoms. The Hall–Kier alpha value is -1.31. The van der Waals surface area contributed by atoms with Crippen LogP contribution in [0, 0.1) is 11.3 Å². The molecule has 0 heterocycles. The van der Waals surface area contributed by atoms with Gasteiger partial charge in [-0.25, -0.2) is 0 Å². The summed E-state index contributed by atoms with van der Waals surface area (Å²) in [5.74, 6) is 0.905. The Morgan fingerprint density at radius 2 is 1.64 bits per heavy atom. The molecule has 25 heavy (non-hydrogen) atoms. The zero-order valence-electron chi connectivity index (χ0n) is 17.1. The number of benzene rings is 1. The van der Waals surface area contributed by atoms with Gasteiger partial charge in [0.15, 0.2) is 8.32 Å². The molecule has 0 radical (unpaired) electrons. The van der Waals surface area contributed by atoms with Crippen molar-refractivity contribution in [2.75, 3.05) is 0 Å². The molecule has 138 valence electrons. The molecule has 1 aliphatic rings. The van der Waals surface area contributed by atoms with Crippen molar-refractivity contribution in [1.82, 2.24) is 0 Å². The van der Waals surface area contributed by atoms with Crippen LogP contribution in [0.4, 0.5) is 0 Å². The molecular weight excluding hydrogens is 326 g/mol. The highest BCUT2D eigenvalue weighted by atomic mass is 28.4. The second-order valence-electron chi connectivity index (χ2n) is 9.78. The number of hydrogen-bond acceptors (Lipinski definition) is 3. The lowest BCUT2D eigenvalue weighted by Crippen LogP contribution is -2.50. The normalized spacial score (nSPS) is 21.4. The van der Waals surface area contributed by atoms with Gasteiger partial charge in [0, 0.05) is 18.4 Å². The van der Waals surface area contributed by atoms with Crippen LogP contribution in [0.5, 0.6) is 5.75 Å². The first-order valence-electron chi connectivity index (χ1n) is 9.22. The van der Waals surface area contributed by atoms with Crippen LogP contribution in [0.15, 0.2) is 18.2 Å². The number of ether oxygens (including phenoxy) is 1. The van der Waals surface area contributed by atoms with E-state index in [4.69, 9.17) is 14.4 Å². The minimum atomic E-state index is -1.70. The van der Waals surface area contributed by atoms with Crippen molar-refractivity contribution in [2.45, 2.75) is 90.1 Å². The fourth-order valence-electron chi connectivity index (χ4n) is 2.77. The highest BCUT2D eigenvalue weighted by molar-refractivity contribution is 6.74. The lowest BCUT2D eigenvalue weighted by molar-refractivity contribution is -0.00390. The van der Waals surface area contributed by atoms with Gasteiger partial charge in [0.2, 0.25) is 0 Å². The molecular formula is C21H33NO2Si. The predicted octanol–water partition coefficient (Wildman–Crippen LogP) is 5.79. The van der Waals surface area contributed by atoms with E-state index in [0.717, 1.165) is 24.2 Å². The molecule has 1 fully saturated rings. The number of nitriles is 1. The predicted molar refractivity (Wildman–Crippen MR) is 106 cm³/mol. The third kappa shape index (κ3) is 4.65. The van der Waals surface area contributed by atoms with Gasteiger partial charge in [-0.2, -0.15) is 5.26 Å². The van der Waals surface area contributed by atoms with Crippen LogP contribution < -0.4 is 4.74 Å². The van der Waals surface area contributed by atoms with Gasteiger partial charge in [0.05, 0.1) is 17.7 Å². The lowest BCUT2D eigenvalue weighted by Gasteiger charge is -2.44. The van der Waals surface area contributed by atoms with Crippen LogP contribution in [0.2, 0.25) is 18.1 Å². The maximum absolute atomic E-state index is 9.16. The first-order chi connectivity index (χ1) is 11.3. The van der Waals surface area contributed by atoms with Crippen molar-refractivity contribution >= 4 is 8.32 Å². The summed E-state index contributed by atoms with van der Waals surface area (Å²) in [5.41, 5.74) is 1.73. The summed E-state index contributed by atoms with van der Waals surface area (Å²) in [4.78, 5) is 0. The van der Waals surface area contributed by atoms with Gasteiger partial charge in [-0.05, 0) is 41.7 Å². The lowest BCUT2D eigenvalue weighted by atomic mass is 9.85. The molecule has 0 aliphatic heterocycles. The molecule has 0 saturated heterocycles. The Bertz CT molecular complexity index is 656. The topological polar surface area (TPSA) is 42.2 Å². The molecule has 1 aromatic rings. The summed E-state index contributed by atoms with van der Waals surface area (Å²) in [6.45, 7) is 17.9. The third-order valence-corrected chi connectivity index (χ3v) is 10.1. The molecule has 3 nitrogen and oxygen atoms in total. The number of rotatable bonds is 4. The van der Waals surface area contributed by atoms with Crippen molar-refractivity contribution in [2.24, 2.45) is 0 Å². The maximum Gasteiger partial charge on any atom is 0.192 e. The quantitative estimate of drug-likeness (QED) is 0.639. The number of hydrogen-bond donors (Lipinski definition) is 0. The zero-order valence-corrected chi connectivity index (χ0v) is 18.1. The van der Waals surface area contributed by atoms with Crippen molar-refractivity contribution < 1.29 is 9.16 Å². The second kappa shape index (κ2) is 6.77. The fourth-order valence-corrected chi connectivity index (χ4v) is 4.15. The molecule has 1 aliphatic carbocycles. The van der Waals surface area contributed by atoms with Gasteiger partial charge in [0.25, 0.3) is 0 Å². The highest BCUT2D eigenvalue weighted by Gasteiger charge is 2.43. The van der Waals surface area contributed by atoms with Gasteiger partial charge < -0.3 is 9.16 Å². The molecule has 0 amide bonds. The van der Waals surface area contributed by atoms with Crippen LogP contribution in [-0.4, -0.2) is 20.5 Å². The summed E-state index contributed by atoms with van der Waals surface area (Å²) in [5, 5.41) is 9.40. The van der Waals surface area contributed by atoms with E-state index in [2.05, 4.69) is 60.7 Å². The van der Waals surface area contributed by atoms with E-state index in [-0.39, 0.29) is 16.6 Å². The first-order valence-corrected chi connectivity index (χ1v) is 12.1. The van der Waals surface area contributed by atoms with E-state index in [1.165, 1.54) is 0 Å². The van der Waals surface area contributed by atoms with Crippen molar-refractivity contribution in [1.29, 1.82) is 5.26 Å². The molecule has 0 atom stereocenters. The van der Waals surface area contributed by atoms with Gasteiger partial charge in [-0.3, -0.25) is 0 Å². The number of nitrogens with zero attached hydrogens (tertiary/aromatic N) is 1. The van der Waals surface area contributed by atoms with Crippen LogP contribution in [0.25, 0.3) is 0 Å². The van der Waals surface area contributed by atoms with Crippen LogP contribution >= 0.6 is 0 Å². The van der Waals surface area contributed by atoms with Crippen molar-refractivity contribution in [3.63, 3.8) is 0 Å². The van der Waals surface area contributed by atoms with E-state index in [1.54, 1.807) is 0 Å². The Morgan fingerprint density at radius 1 is 1.04 bits per heavy atom. The Kier molecular flexibility index (Phi) is 5.42. The summed E-state index contributed by atoms with van der Waals surface area (Å²) >= 11 is 0. The highest BCUT2D eigenvalue weighted by Crippen LogP contribution is 2.41. The third-order valence-electron chi connectivity index (χ3n) is 5.53. The average Bonchev–Trinajstić information content (AvgIpc) is 2.42. The summed E-state index contributed by atoms with van der Waals surface area (Å²) in [6.07, 6.45) is 2.44. The van der Waals surface area contributed by atoms with Gasteiger partial charge in [-0.1, -0.05) is 41.5 Å². The monoisotopic (exact) mass is 359 g/mol. The molecule has 0 bridgehead atoms. The van der Waals surface area contributed by atoms with E-state index in [9.17, 15) is 0 Å². The summed E-state index contributed by atoms with van der Waals surface area (Å²) in [7, 11) is -1.70. The van der Waals surface area contributed by atoms with E-state index >= 15 is 0 Å². The molecule has 4 heteroatoms. The van der Waals surface area contributed by atoms with Crippen LogP contribution in [-0.2, 0) is 9.84 Å². The molecule has 0 aromatic heterocycles. The molecule has 2 rings (SSSR count). The van der Waals surface area contributed by atoms with E-state index < -0.39 is 8.32 Å². The van der Waals surface area contributed by atoms with E-state index in [0.29, 0.717) is 11.7 Å². The van der Waals surface area contributed by atoms with E-state index in [1.807, 2.05) is 18.2 Å². The smallest absolute Gasteiger partial charge is 0.192 e. The standard InChI is InChI=1S/C21H33NO2Si/c1-20(2,3)18-11-15(14-22)9-10-19(18)23-16-12-17(13-16)24-25(7,8)21(4,5)6/h9-11,16-17H,12-13H2,1-8H3/t16-,17+. The fraction of sp³-hybridized carbons (Fsp3) is 0.667. The van der Waals surface area contributed by atoms with Gasteiger partial charge in [0.1, 0.15) is 11.9 Å². The molecule has 1 saturated carbocycles. The Balaban J connectivity index is 2.01. The maximum atomic E-state index is 9.16. The van der Waals surface area contributed by atoms with Crippen molar-refractivity contribution in [3.05, 3.63) is 29.3 Å². The summed E-state index contributed by atoms with van der Waals surface area (Å²) < 4.78 is 12.7. The SMILES string of the molecule is CC(C)(C)c1cc(C#N)ccc1O[C@H]1C[C@@H](O[Si](C)(C)C(C)(C)C)C1. The average molecular weight is 360 g/mol. The Morgan fingerprint density at radius 3 is 2.12 bits per heavy atom.